The van der Waals surface area contributed by atoms with E-state index < -0.39 is 6.04 Å². The van der Waals surface area contributed by atoms with Gasteiger partial charge < -0.3 is 10.1 Å². The molecule has 0 spiro atoms. The van der Waals surface area contributed by atoms with Crippen molar-refractivity contribution >= 4 is 23.2 Å². The van der Waals surface area contributed by atoms with Crippen LogP contribution in [0.3, 0.4) is 0 Å². The maximum absolute atomic E-state index is 12.6. The van der Waals surface area contributed by atoms with Crippen LogP contribution in [0, 0.1) is 13.8 Å². The molecule has 2 heterocycles. The summed E-state index contributed by atoms with van der Waals surface area (Å²) in [7, 11) is 0. The Morgan fingerprint density at radius 2 is 2.00 bits per heavy atom. The van der Waals surface area contributed by atoms with Crippen molar-refractivity contribution in [1.82, 2.24) is 19.6 Å². The first-order chi connectivity index (χ1) is 13.4. The number of carbonyl (C=O) groups excluding carboxylic acids is 1. The van der Waals surface area contributed by atoms with E-state index in [1.165, 1.54) is 5.56 Å². The average molecular weight is 402 g/mol. The molecule has 1 N–H and O–H groups in total. The molecule has 0 saturated carbocycles. The lowest BCUT2D eigenvalue weighted by Gasteiger charge is -2.13. The lowest BCUT2D eigenvalue weighted by Crippen LogP contribution is -2.25. The third-order valence-corrected chi connectivity index (χ3v) is 5.13. The molecule has 1 aromatic carbocycles. The number of benzene rings is 1. The van der Waals surface area contributed by atoms with Gasteiger partial charge in [-0.1, -0.05) is 30.7 Å². The number of halogens is 1. The molecule has 0 aliphatic rings. The van der Waals surface area contributed by atoms with Gasteiger partial charge in [0.05, 0.1) is 34.5 Å². The molecule has 0 bridgehead atoms. The lowest BCUT2D eigenvalue weighted by molar-refractivity contribution is -0.119. The van der Waals surface area contributed by atoms with Gasteiger partial charge in [0.15, 0.2) is 6.73 Å². The molecule has 1 unspecified atom stereocenters. The van der Waals surface area contributed by atoms with Gasteiger partial charge in [-0.3, -0.25) is 9.48 Å². The molecule has 0 aliphatic carbocycles. The summed E-state index contributed by atoms with van der Waals surface area (Å²) in [6, 6.07) is 7.45. The van der Waals surface area contributed by atoms with Gasteiger partial charge in [0.1, 0.15) is 11.8 Å². The van der Waals surface area contributed by atoms with Crippen molar-refractivity contribution in [3.63, 3.8) is 0 Å². The number of carbonyl (C=O) groups is 1. The van der Waals surface area contributed by atoms with Crippen molar-refractivity contribution in [2.75, 3.05) is 5.32 Å². The zero-order valence-corrected chi connectivity index (χ0v) is 17.2. The maximum atomic E-state index is 12.6. The standard InChI is InChI=1S/C20H24ClN5O2/c1-5-16-6-8-18(9-7-16)28-12-25-11-17(10-22-25)23-20(27)15(4)26-14(3)19(21)13(2)24-26/h6-11,15H,5,12H2,1-4H3,(H,23,27). The molecule has 0 radical (unpaired) electrons. The van der Waals surface area contributed by atoms with E-state index in [0.717, 1.165) is 17.9 Å². The molecule has 1 atom stereocenters. The van der Waals surface area contributed by atoms with Crippen LogP contribution in [-0.2, 0) is 17.9 Å². The number of hydrogen-bond acceptors (Lipinski definition) is 4. The number of anilines is 1. The molecule has 2 aromatic heterocycles. The van der Waals surface area contributed by atoms with Crippen molar-refractivity contribution in [3.05, 3.63) is 58.6 Å². The molecule has 7 nitrogen and oxygen atoms in total. The smallest absolute Gasteiger partial charge is 0.249 e. The van der Waals surface area contributed by atoms with Crippen LogP contribution in [0.1, 0.15) is 36.8 Å². The van der Waals surface area contributed by atoms with Gasteiger partial charge in [-0.05, 0) is 44.9 Å². The lowest BCUT2D eigenvalue weighted by atomic mass is 10.2. The predicted molar refractivity (Wildman–Crippen MR) is 109 cm³/mol. The van der Waals surface area contributed by atoms with Gasteiger partial charge in [-0.2, -0.15) is 10.2 Å². The summed E-state index contributed by atoms with van der Waals surface area (Å²) in [5, 5.41) is 12.0. The third kappa shape index (κ3) is 4.36. The second-order valence-electron chi connectivity index (χ2n) is 6.63. The van der Waals surface area contributed by atoms with E-state index in [1.807, 2.05) is 38.1 Å². The molecule has 0 aliphatic heterocycles. The zero-order chi connectivity index (χ0) is 20.3. The van der Waals surface area contributed by atoms with Crippen molar-refractivity contribution < 1.29 is 9.53 Å². The number of ether oxygens (including phenoxy) is 1. The van der Waals surface area contributed by atoms with E-state index in [-0.39, 0.29) is 12.6 Å². The molecular formula is C20H24ClN5O2. The van der Waals surface area contributed by atoms with Gasteiger partial charge >= 0.3 is 0 Å². The predicted octanol–water partition coefficient (Wildman–Crippen LogP) is 4.15. The highest BCUT2D eigenvalue weighted by atomic mass is 35.5. The highest BCUT2D eigenvalue weighted by Crippen LogP contribution is 2.23. The normalized spacial score (nSPS) is 12.0. The topological polar surface area (TPSA) is 74.0 Å². The van der Waals surface area contributed by atoms with Crippen LogP contribution in [-0.4, -0.2) is 25.5 Å². The fourth-order valence-corrected chi connectivity index (χ4v) is 2.96. The van der Waals surface area contributed by atoms with Crippen molar-refractivity contribution in [1.29, 1.82) is 0 Å². The van der Waals surface area contributed by atoms with Crippen LogP contribution < -0.4 is 10.1 Å². The number of aryl methyl sites for hydroxylation is 2. The minimum absolute atomic E-state index is 0.196. The molecule has 148 valence electrons. The number of nitrogens with zero attached hydrogens (tertiary/aromatic N) is 4. The Balaban J connectivity index is 1.58. The third-order valence-electron chi connectivity index (χ3n) is 4.58. The Morgan fingerprint density at radius 3 is 2.61 bits per heavy atom. The van der Waals surface area contributed by atoms with E-state index in [4.69, 9.17) is 16.3 Å². The highest BCUT2D eigenvalue weighted by molar-refractivity contribution is 6.31. The van der Waals surface area contributed by atoms with Crippen LogP contribution in [0.25, 0.3) is 0 Å². The van der Waals surface area contributed by atoms with Gasteiger partial charge in [0.25, 0.3) is 0 Å². The molecule has 8 heteroatoms. The molecule has 1 amide bonds. The first kappa shape index (κ1) is 19.9. The molecule has 3 aromatic rings. The van der Waals surface area contributed by atoms with Crippen LogP contribution in [0.4, 0.5) is 5.69 Å². The number of aromatic nitrogens is 4. The maximum Gasteiger partial charge on any atom is 0.249 e. The summed E-state index contributed by atoms with van der Waals surface area (Å²) in [6.07, 6.45) is 4.30. The van der Waals surface area contributed by atoms with Gasteiger partial charge in [-0.15, -0.1) is 0 Å². The van der Waals surface area contributed by atoms with Crippen molar-refractivity contribution in [3.8, 4) is 5.75 Å². The van der Waals surface area contributed by atoms with E-state index in [2.05, 4.69) is 22.4 Å². The molecular weight excluding hydrogens is 378 g/mol. The molecule has 0 fully saturated rings. The Hall–Kier alpha value is -2.80. The van der Waals surface area contributed by atoms with E-state index in [1.54, 1.807) is 28.7 Å². The second-order valence-corrected chi connectivity index (χ2v) is 7.01. The fourth-order valence-electron chi connectivity index (χ4n) is 2.84. The van der Waals surface area contributed by atoms with Crippen LogP contribution in [0.5, 0.6) is 5.75 Å². The Bertz CT molecular complexity index is 962. The summed E-state index contributed by atoms with van der Waals surface area (Å²) >= 11 is 6.17. The van der Waals surface area contributed by atoms with Gasteiger partial charge in [0.2, 0.25) is 5.91 Å². The number of amides is 1. The van der Waals surface area contributed by atoms with Crippen molar-refractivity contribution in [2.45, 2.75) is 46.9 Å². The monoisotopic (exact) mass is 401 g/mol. The summed E-state index contributed by atoms with van der Waals surface area (Å²) in [6.45, 7) is 7.80. The second kappa shape index (κ2) is 8.48. The first-order valence-corrected chi connectivity index (χ1v) is 9.53. The summed E-state index contributed by atoms with van der Waals surface area (Å²) in [4.78, 5) is 12.6. The number of hydrogen-bond donors (Lipinski definition) is 1. The van der Waals surface area contributed by atoms with Crippen LogP contribution in [0.2, 0.25) is 5.02 Å². The summed E-state index contributed by atoms with van der Waals surface area (Å²) in [5.74, 6) is 0.575. The van der Waals surface area contributed by atoms with E-state index >= 15 is 0 Å². The van der Waals surface area contributed by atoms with E-state index in [0.29, 0.717) is 16.4 Å². The largest absolute Gasteiger partial charge is 0.471 e. The summed E-state index contributed by atoms with van der Waals surface area (Å²) in [5.41, 5.74) is 3.32. The fraction of sp³-hybridized carbons (Fsp3) is 0.350. The quantitative estimate of drug-likeness (QED) is 0.645. The summed E-state index contributed by atoms with van der Waals surface area (Å²) < 4.78 is 8.96. The number of nitrogens with one attached hydrogen (secondary N) is 1. The number of rotatable bonds is 7. The highest BCUT2D eigenvalue weighted by Gasteiger charge is 2.21. The van der Waals surface area contributed by atoms with Gasteiger partial charge in [-0.25, -0.2) is 4.68 Å². The van der Waals surface area contributed by atoms with Crippen LogP contribution >= 0.6 is 11.6 Å². The first-order valence-electron chi connectivity index (χ1n) is 9.15. The zero-order valence-electron chi connectivity index (χ0n) is 16.4. The minimum atomic E-state index is -0.497. The average Bonchev–Trinajstić information content (AvgIpc) is 3.25. The Morgan fingerprint density at radius 1 is 1.29 bits per heavy atom. The SMILES string of the molecule is CCc1ccc(OCn2cc(NC(=O)C(C)n3nc(C)c(Cl)c3C)cn2)cc1. The Labute approximate surface area is 169 Å². The Kier molecular flexibility index (Phi) is 6.04. The molecule has 0 saturated heterocycles. The van der Waals surface area contributed by atoms with Crippen LogP contribution in [0.15, 0.2) is 36.7 Å². The molecule has 3 rings (SSSR count). The van der Waals surface area contributed by atoms with Gasteiger partial charge in [0, 0.05) is 0 Å². The van der Waals surface area contributed by atoms with Crippen molar-refractivity contribution in [2.24, 2.45) is 0 Å². The molecule has 28 heavy (non-hydrogen) atoms. The van der Waals surface area contributed by atoms with E-state index in [9.17, 15) is 4.79 Å². The minimum Gasteiger partial charge on any atom is -0.471 e.